The Morgan fingerprint density at radius 3 is 2.69 bits per heavy atom. The van der Waals surface area contributed by atoms with E-state index in [2.05, 4.69) is 38.5 Å². The molecule has 0 atom stereocenters. The molecule has 0 radical (unpaired) electrons. The molecule has 1 saturated heterocycles. The number of amides is 1. The fourth-order valence-electron chi connectivity index (χ4n) is 3.99. The first-order valence-electron chi connectivity index (χ1n) is 9.95. The number of nitrogens with two attached hydrogens (primary N) is 1. The number of primary amides is 1. The van der Waals surface area contributed by atoms with Crippen LogP contribution in [0, 0.1) is 12.7 Å². The van der Waals surface area contributed by atoms with Crippen molar-refractivity contribution in [2.45, 2.75) is 39.0 Å². The van der Waals surface area contributed by atoms with Crippen LogP contribution < -0.4 is 21.3 Å². The lowest BCUT2D eigenvalue weighted by molar-refractivity contribution is -0.114. The summed E-state index contributed by atoms with van der Waals surface area (Å²) < 4.78 is 14.2. The van der Waals surface area contributed by atoms with E-state index in [0.29, 0.717) is 24.1 Å². The van der Waals surface area contributed by atoms with Crippen LogP contribution in [0.3, 0.4) is 0 Å². The van der Waals surface area contributed by atoms with Gasteiger partial charge in [-0.25, -0.2) is 9.37 Å². The van der Waals surface area contributed by atoms with Crippen molar-refractivity contribution in [1.82, 2.24) is 9.97 Å². The Kier molecular flexibility index (Phi) is 5.33. The van der Waals surface area contributed by atoms with E-state index in [1.807, 2.05) is 12.1 Å². The third-order valence-corrected chi connectivity index (χ3v) is 5.43. The smallest absolute Gasteiger partial charge is 0.246 e. The minimum absolute atomic E-state index is 0.0311. The molecule has 0 saturated carbocycles. The summed E-state index contributed by atoms with van der Waals surface area (Å²) in [6.07, 6.45) is 5.61. The first-order valence-corrected chi connectivity index (χ1v) is 9.95. The highest BCUT2D eigenvalue weighted by Crippen LogP contribution is 2.29. The summed E-state index contributed by atoms with van der Waals surface area (Å²) in [6.45, 7) is 4.26. The van der Waals surface area contributed by atoms with Gasteiger partial charge in [0.15, 0.2) is 11.6 Å². The standard InChI is InChI=1S/C21H25FN6O/c1-13-11-14(7-8-18(13)28-9-2-3-10-28)25-21-24-12-16(22)20(27-21)26-17-6-4-5-15(17)19(23)29/h7-8,11-12H,2-6,9-10H2,1H3,(H2,23,29)(H2,24,25,26,27). The zero-order chi connectivity index (χ0) is 20.4. The molecule has 4 rings (SSSR count). The van der Waals surface area contributed by atoms with Crippen molar-refractivity contribution in [1.29, 1.82) is 0 Å². The van der Waals surface area contributed by atoms with Crippen LogP contribution in [-0.4, -0.2) is 29.0 Å². The highest BCUT2D eigenvalue weighted by atomic mass is 19.1. The normalized spacial score (nSPS) is 16.4. The van der Waals surface area contributed by atoms with Crippen molar-refractivity contribution in [3.05, 3.63) is 47.0 Å². The number of halogens is 1. The monoisotopic (exact) mass is 396 g/mol. The average molecular weight is 396 g/mol. The van der Waals surface area contributed by atoms with Gasteiger partial charge >= 0.3 is 0 Å². The van der Waals surface area contributed by atoms with Gasteiger partial charge in [0, 0.05) is 35.7 Å². The SMILES string of the molecule is Cc1cc(Nc2ncc(F)c(NC3=C(C(N)=O)CCC3)n2)ccc1N1CCCC1. The number of nitrogens with zero attached hydrogens (tertiary/aromatic N) is 3. The molecule has 152 valence electrons. The first-order chi connectivity index (χ1) is 14.0. The number of carbonyl (C=O) groups is 1. The molecule has 1 amide bonds. The Bertz CT molecular complexity index is 968. The van der Waals surface area contributed by atoms with Gasteiger partial charge in [0.25, 0.3) is 0 Å². The fraction of sp³-hybridized carbons (Fsp3) is 0.381. The van der Waals surface area contributed by atoms with Gasteiger partial charge < -0.3 is 21.3 Å². The van der Waals surface area contributed by atoms with E-state index >= 15 is 0 Å². The Labute approximate surface area is 169 Å². The van der Waals surface area contributed by atoms with Crippen molar-refractivity contribution in [3.63, 3.8) is 0 Å². The maximum absolute atomic E-state index is 14.2. The molecule has 1 aliphatic heterocycles. The molecule has 1 aromatic carbocycles. The van der Waals surface area contributed by atoms with Gasteiger partial charge in [0.1, 0.15) is 0 Å². The van der Waals surface area contributed by atoms with Crippen molar-refractivity contribution >= 4 is 29.0 Å². The second-order valence-corrected chi connectivity index (χ2v) is 7.51. The maximum Gasteiger partial charge on any atom is 0.246 e. The molecule has 2 aromatic rings. The van der Waals surface area contributed by atoms with Gasteiger partial charge in [-0.15, -0.1) is 0 Å². The minimum atomic E-state index is -0.584. The third kappa shape index (κ3) is 4.16. The predicted octanol–water partition coefficient (Wildman–Crippen LogP) is 3.60. The number of hydrogen-bond acceptors (Lipinski definition) is 6. The molecule has 1 fully saturated rings. The molecule has 2 aliphatic rings. The van der Waals surface area contributed by atoms with Crippen LogP contribution in [0.5, 0.6) is 0 Å². The van der Waals surface area contributed by atoms with Crippen LogP contribution in [-0.2, 0) is 4.79 Å². The summed E-state index contributed by atoms with van der Waals surface area (Å²) in [4.78, 5) is 22.2. The predicted molar refractivity (Wildman–Crippen MR) is 112 cm³/mol. The van der Waals surface area contributed by atoms with Gasteiger partial charge in [0.2, 0.25) is 11.9 Å². The third-order valence-electron chi connectivity index (χ3n) is 5.43. The van der Waals surface area contributed by atoms with Crippen LogP contribution in [0.25, 0.3) is 0 Å². The molecule has 0 bridgehead atoms. The molecule has 0 unspecified atom stereocenters. The largest absolute Gasteiger partial charge is 0.371 e. The number of anilines is 4. The van der Waals surface area contributed by atoms with Crippen molar-refractivity contribution in [2.24, 2.45) is 5.73 Å². The highest BCUT2D eigenvalue weighted by Gasteiger charge is 2.21. The molecule has 1 aliphatic carbocycles. The quantitative estimate of drug-likeness (QED) is 0.690. The maximum atomic E-state index is 14.2. The van der Waals surface area contributed by atoms with Crippen LogP contribution >= 0.6 is 0 Å². The van der Waals surface area contributed by atoms with E-state index in [9.17, 15) is 9.18 Å². The van der Waals surface area contributed by atoms with Crippen LogP contribution in [0.4, 0.5) is 27.5 Å². The summed E-state index contributed by atoms with van der Waals surface area (Å²) >= 11 is 0. The molecule has 1 aromatic heterocycles. The number of carbonyl (C=O) groups excluding carboxylic acids is 1. The Hall–Kier alpha value is -3.16. The number of nitrogens with one attached hydrogen (secondary N) is 2. The van der Waals surface area contributed by atoms with E-state index in [0.717, 1.165) is 31.4 Å². The van der Waals surface area contributed by atoms with Crippen LogP contribution in [0.15, 0.2) is 35.7 Å². The summed E-state index contributed by atoms with van der Waals surface area (Å²) in [5, 5.41) is 6.06. The van der Waals surface area contributed by atoms with E-state index in [-0.39, 0.29) is 11.8 Å². The van der Waals surface area contributed by atoms with Gasteiger partial charge in [0.05, 0.1) is 6.20 Å². The van der Waals surface area contributed by atoms with Gasteiger partial charge in [-0.2, -0.15) is 4.98 Å². The van der Waals surface area contributed by atoms with E-state index in [4.69, 9.17) is 5.73 Å². The average Bonchev–Trinajstić information content (AvgIpc) is 3.36. The van der Waals surface area contributed by atoms with Crippen LogP contribution in [0.2, 0.25) is 0 Å². The topological polar surface area (TPSA) is 96.2 Å². The highest BCUT2D eigenvalue weighted by molar-refractivity contribution is 5.93. The summed E-state index contributed by atoms with van der Waals surface area (Å²) in [5.74, 6) is -0.754. The zero-order valence-electron chi connectivity index (χ0n) is 16.5. The molecule has 7 nitrogen and oxygen atoms in total. The molecule has 0 spiro atoms. The lowest BCUT2D eigenvalue weighted by atomic mass is 10.1. The molecular formula is C21H25FN6O. The van der Waals surface area contributed by atoms with Crippen molar-refractivity contribution in [3.8, 4) is 0 Å². The van der Waals surface area contributed by atoms with Gasteiger partial charge in [-0.1, -0.05) is 0 Å². The minimum Gasteiger partial charge on any atom is -0.371 e. The van der Waals surface area contributed by atoms with Crippen molar-refractivity contribution in [2.75, 3.05) is 28.6 Å². The zero-order valence-corrected chi connectivity index (χ0v) is 16.5. The number of aryl methyl sites for hydroxylation is 1. The number of benzene rings is 1. The lowest BCUT2D eigenvalue weighted by Crippen LogP contribution is -2.18. The fourth-order valence-corrected chi connectivity index (χ4v) is 3.99. The Morgan fingerprint density at radius 1 is 1.17 bits per heavy atom. The van der Waals surface area contributed by atoms with E-state index in [1.165, 1.54) is 24.1 Å². The Morgan fingerprint density at radius 2 is 1.97 bits per heavy atom. The molecule has 29 heavy (non-hydrogen) atoms. The van der Waals surface area contributed by atoms with Crippen LogP contribution in [0.1, 0.15) is 37.7 Å². The van der Waals surface area contributed by atoms with Gasteiger partial charge in [-0.3, -0.25) is 4.79 Å². The second kappa shape index (κ2) is 8.06. The molecule has 4 N–H and O–H groups in total. The summed E-state index contributed by atoms with van der Waals surface area (Å²) in [5.41, 5.74) is 9.78. The lowest BCUT2D eigenvalue weighted by Gasteiger charge is -2.20. The van der Waals surface area contributed by atoms with Crippen molar-refractivity contribution < 1.29 is 9.18 Å². The summed E-state index contributed by atoms with van der Waals surface area (Å²) in [7, 11) is 0. The number of allylic oxidation sites excluding steroid dienone is 1. The molecular weight excluding hydrogens is 371 g/mol. The first kappa shape index (κ1) is 19.2. The Balaban J connectivity index is 1.53. The van der Waals surface area contributed by atoms with E-state index < -0.39 is 11.7 Å². The number of hydrogen-bond donors (Lipinski definition) is 3. The number of rotatable bonds is 6. The second-order valence-electron chi connectivity index (χ2n) is 7.51. The number of aromatic nitrogens is 2. The summed E-state index contributed by atoms with van der Waals surface area (Å²) in [6, 6.07) is 6.11. The molecule has 8 heteroatoms. The van der Waals surface area contributed by atoms with Gasteiger partial charge in [-0.05, 0) is 62.8 Å². The molecule has 2 heterocycles. The van der Waals surface area contributed by atoms with E-state index in [1.54, 1.807) is 0 Å².